The van der Waals surface area contributed by atoms with Crippen LogP contribution < -0.4 is 4.90 Å². The van der Waals surface area contributed by atoms with Gasteiger partial charge in [-0.2, -0.15) is 0 Å². The number of rotatable bonds is 5. The molecule has 0 bridgehead atoms. The van der Waals surface area contributed by atoms with E-state index in [0.717, 1.165) is 0 Å². The van der Waals surface area contributed by atoms with E-state index < -0.39 is 29.0 Å². The van der Waals surface area contributed by atoms with Crippen molar-refractivity contribution in [1.29, 1.82) is 0 Å². The van der Waals surface area contributed by atoms with Gasteiger partial charge < -0.3 is 10.0 Å². The minimum atomic E-state index is -2.11. The highest BCUT2D eigenvalue weighted by Crippen LogP contribution is 2.46. The first-order valence-corrected chi connectivity index (χ1v) is 10.4. The van der Waals surface area contributed by atoms with Gasteiger partial charge in [-0.3, -0.25) is 9.59 Å². The molecule has 2 atom stereocenters. The van der Waals surface area contributed by atoms with Gasteiger partial charge in [0.2, 0.25) is 0 Å². The maximum absolute atomic E-state index is 14.4. The second-order valence-electron chi connectivity index (χ2n) is 7.47. The molecular weight excluding hydrogens is 440 g/mol. The Kier molecular flexibility index (Phi) is 5.60. The number of amides is 1. The lowest BCUT2D eigenvalue weighted by atomic mass is 9.79. The number of fused-ring (bicyclic) bond motifs is 1. The fraction of sp³-hybridized carbons (Fsp3) is 0.167. The van der Waals surface area contributed by atoms with E-state index in [2.05, 4.69) is 0 Å². The molecule has 7 heteroatoms. The lowest BCUT2D eigenvalue weighted by Crippen LogP contribution is -2.47. The van der Waals surface area contributed by atoms with Crippen molar-refractivity contribution >= 4 is 40.6 Å². The molecule has 4 nitrogen and oxygen atoms in total. The summed E-state index contributed by atoms with van der Waals surface area (Å²) in [5.41, 5.74) is -0.947. The zero-order chi connectivity index (χ0) is 22.3. The normalized spacial score (nSPS) is 18.7. The summed E-state index contributed by atoms with van der Waals surface area (Å²) in [6, 6.07) is 17.1. The molecule has 2 unspecified atom stereocenters. The van der Waals surface area contributed by atoms with Crippen molar-refractivity contribution in [3.63, 3.8) is 0 Å². The van der Waals surface area contributed by atoms with Gasteiger partial charge in [-0.15, -0.1) is 0 Å². The fourth-order valence-electron chi connectivity index (χ4n) is 3.93. The standard InChI is InChI=1S/C24H18Cl2FNO3/c1-14(22(29)15-9-11-16(25)12-10-15)24(31)18-5-2-3-8-21(18)28(23(24)30)13-17-19(26)6-4-7-20(17)27/h2-12,14,31H,13H2,1H3. The van der Waals surface area contributed by atoms with Crippen molar-refractivity contribution in [1.82, 2.24) is 0 Å². The molecular formula is C24H18Cl2FNO3. The van der Waals surface area contributed by atoms with Crippen LogP contribution >= 0.6 is 23.2 Å². The number of nitrogens with zero attached hydrogens (tertiary/aromatic N) is 1. The second-order valence-corrected chi connectivity index (χ2v) is 8.31. The van der Waals surface area contributed by atoms with Crippen LogP contribution in [0.2, 0.25) is 10.0 Å². The van der Waals surface area contributed by atoms with Crippen LogP contribution in [-0.2, 0) is 16.9 Å². The molecule has 0 radical (unpaired) electrons. The molecule has 158 valence electrons. The van der Waals surface area contributed by atoms with Crippen LogP contribution in [0.3, 0.4) is 0 Å². The quantitative estimate of drug-likeness (QED) is 0.522. The number of carbonyl (C=O) groups is 2. The average Bonchev–Trinajstić information content (AvgIpc) is 2.98. The molecule has 0 saturated carbocycles. The summed E-state index contributed by atoms with van der Waals surface area (Å²) in [6.07, 6.45) is 0. The molecule has 3 aromatic carbocycles. The third kappa shape index (κ3) is 3.53. The number of hydrogen-bond donors (Lipinski definition) is 1. The Labute approximate surface area is 188 Å². The number of aliphatic hydroxyl groups is 1. The number of benzene rings is 3. The molecule has 0 saturated heterocycles. The van der Waals surface area contributed by atoms with Crippen LogP contribution in [-0.4, -0.2) is 16.8 Å². The first kappa shape index (κ1) is 21.5. The third-order valence-corrected chi connectivity index (χ3v) is 6.31. The van der Waals surface area contributed by atoms with Crippen molar-refractivity contribution in [2.24, 2.45) is 5.92 Å². The molecule has 1 N–H and O–H groups in total. The topological polar surface area (TPSA) is 57.6 Å². The van der Waals surface area contributed by atoms with E-state index >= 15 is 0 Å². The number of anilines is 1. The molecule has 1 aliphatic heterocycles. The highest BCUT2D eigenvalue weighted by molar-refractivity contribution is 6.31. The molecule has 4 rings (SSSR count). The lowest BCUT2D eigenvalue weighted by molar-refractivity contribution is -0.139. The average molecular weight is 458 g/mol. The molecule has 0 aliphatic carbocycles. The van der Waals surface area contributed by atoms with Crippen LogP contribution in [0.4, 0.5) is 10.1 Å². The summed E-state index contributed by atoms with van der Waals surface area (Å²) < 4.78 is 14.4. The van der Waals surface area contributed by atoms with Crippen molar-refractivity contribution in [3.05, 3.63) is 99.3 Å². The molecule has 1 aliphatic rings. The molecule has 1 amide bonds. The SMILES string of the molecule is CC(C(=O)c1ccc(Cl)cc1)C1(O)C(=O)N(Cc2c(F)cccc2Cl)c2ccccc21. The summed E-state index contributed by atoms with van der Waals surface area (Å²) in [5, 5.41) is 12.2. The summed E-state index contributed by atoms with van der Waals surface area (Å²) >= 11 is 12.1. The molecule has 3 aromatic rings. The molecule has 1 heterocycles. The predicted molar refractivity (Wildman–Crippen MR) is 118 cm³/mol. The Morgan fingerprint density at radius 2 is 1.74 bits per heavy atom. The summed E-state index contributed by atoms with van der Waals surface area (Å²) in [4.78, 5) is 27.9. The van der Waals surface area contributed by atoms with Crippen LogP contribution in [0.5, 0.6) is 0 Å². The minimum Gasteiger partial charge on any atom is -0.375 e. The van der Waals surface area contributed by atoms with Crippen LogP contribution in [0, 0.1) is 11.7 Å². The van der Waals surface area contributed by atoms with Gasteiger partial charge in [-0.25, -0.2) is 4.39 Å². The van der Waals surface area contributed by atoms with Gasteiger partial charge >= 0.3 is 0 Å². The van der Waals surface area contributed by atoms with Gasteiger partial charge in [0.25, 0.3) is 5.91 Å². The van der Waals surface area contributed by atoms with Crippen molar-refractivity contribution in [2.45, 2.75) is 19.1 Å². The van der Waals surface area contributed by atoms with Crippen molar-refractivity contribution in [2.75, 3.05) is 4.90 Å². The summed E-state index contributed by atoms with van der Waals surface area (Å²) in [5.74, 6) is -2.77. The smallest absolute Gasteiger partial charge is 0.264 e. The number of halogens is 3. The van der Waals surface area contributed by atoms with E-state index in [-0.39, 0.29) is 17.1 Å². The van der Waals surface area contributed by atoms with Crippen LogP contribution in [0.25, 0.3) is 0 Å². The predicted octanol–water partition coefficient (Wildman–Crippen LogP) is 5.39. The van der Waals surface area contributed by atoms with Crippen LogP contribution in [0.1, 0.15) is 28.4 Å². The van der Waals surface area contributed by atoms with Crippen molar-refractivity contribution in [3.8, 4) is 0 Å². The van der Waals surface area contributed by atoms with Gasteiger partial charge in [0, 0.05) is 26.7 Å². The first-order chi connectivity index (χ1) is 14.7. The third-order valence-electron chi connectivity index (χ3n) is 5.70. The summed E-state index contributed by atoms with van der Waals surface area (Å²) in [7, 11) is 0. The maximum atomic E-state index is 14.4. The minimum absolute atomic E-state index is 0.133. The van der Waals surface area contributed by atoms with E-state index in [4.69, 9.17) is 23.2 Å². The zero-order valence-corrected chi connectivity index (χ0v) is 18.0. The number of para-hydroxylation sites is 1. The monoisotopic (exact) mass is 457 g/mol. The van der Waals surface area contributed by atoms with E-state index in [9.17, 15) is 19.1 Å². The van der Waals surface area contributed by atoms with E-state index in [1.165, 1.54) is 30.0 Å². The highest BCUT2D eigenvalue weighted by atomic mass is 35.5. The number of carbonyl (C=O) groups excluding carboxylic acids is 2. The first-order valence-electron chi connectivity index (χ1n) is 9.61. The van der Waals surface area contributed by atoms with Gasteiger partial charge in [0.1, 0.15) is 5.82 Å². The Bertz CT molecular complexity index is 1160. The summed E-state index contributed by atoms with van der Waals surface area (Å²) in [6.45, 7) is 1.33. The zero-order valence-electron chi connectivity index (χ0n) is 16.5. The van der Waals surface area contributed by atoms with Crippen LogP contribution in [0.15, 0.2) is 66.7 Å². The maximum Gasteiger partial charge on any atom is 0.264 e. The highest BCUT2D eigenvalue weighted by Gasteiger charge is 2.55. The molecule has 0 spiro atoms. The van der Waals surface area contributed by atoms with E-state index in [1.54, 1.807) is 48.5 Å². The van der Waals surface area contributed by atoms with Gasteiger partial charge in [0.15, 0.2) is 11.4 Å². The lowest BCUT2D eigenvalue weighted by Gasteiger charge is -2.28. The number of ketones is 1. The second kappa shape index (κ2) is 8.08. The van der Waals surface area contributed by atoms with E-state index in [0.29, 0.717) is 21.8 Å². The fourth-order valence-corrected chi connectivity index (χ4v) is 4.28. The van der Waals surface area contributed by atoms with Gasteiger partial charge in [0.05, 0.1) is 18.2 Å². The molecule has 31 heavy (non-hydrogen) atoms. The Hall–Kier alpha value is -2.73. The van der Waals surface area contributed by atoms with Gasteiger partial charge in [-0.05, 0) is 42.5 Å². The Morgan fingerprint density at radius 3 is 2.42 bits per heavy atom. The van der Waals surface area contributed by atoms with Crippen molar-refractivity contribution < 1.29 is 19.1 Å². The number of hydrogen-bond acceptors (Lipinski definition) is 3. The van der Waals surface area contributed by atoms with Gasteiger partial charge in [-0.1, -0.05) is 54.4 Å². The number of Topliss-reactive ketones (excluding diaryl/α,β-unsaturated/α-hetero) is 1. The Balaban J connectivity index is 1.76. The largest absolute Gasteiger partial charge is 0.375 e. The molecule has 0 fully saturated rings. The molecule has 0 aromatic heterocycles. The van der Waals surface area contributed by atoms with E-state index in [1.807, 2.05) is 0 Å². The Morgan fingerprint density at radius 1 is 1.06 bits per heavy atom.